The van der Waals surface area contributed by atoms with Crippen molar-refractivity contribution in [3.05, 3.63) is 102 Å². The number of carbonyl (C=O) groups is 3. The molecule has 2 atom stereocenters. The minimum absolute atomic E-state index is 0.233. The fourth-order valence-corrected chi connectivity index (χ4v) is 6.59. The average molecular weight is 533 g/mol. The van der Waals surface area contributed by atoms with Crippen molar-refractivity contribution in [1.29, 1.82) is 0 Å². The molecule has 38 heavy (non-hydrogen) atoms. The molecule has 1 fully saturated rings. The van der Waals surface area contributed by atoms with Crippen molar-refractivity contribution in [2.75, 3.05) is 19.4 Å². The molecule has 0 spiro atoms. The number of carboxylic acid groups (broad SMARTS) is 1. The monoisotopic (exact) mass is 532 g/mol. The van der Waals surface area contributed by atoms with E-state index in [0.29, 0.717) is 19.4 Å². The van der Waals surface area contributed by atoms with Crippen LogP contribution in [0.5, 0.6) is 5.75 Å². The summed E-state index contributed by atoms with van der Waals surface area (Å²) in [6.45, 7) is 1.73. The van der Waals surface area contributed by atoms with Crippen LogP contribution in [0.15, 0.2) is 84.9 Å². The number of likely N-dealkylation sites (tertiary alicyclic amines) is 1. The number of methoxy groups -OCH3 is 1. The van der Waals surface area contributed by atoms with Crippen LogP contribution in [0.1, 0.15) is 36.5 Å². The Kier molecular flexibility index (Phi) is 8.73. The number of rotatable bonds is 10. The quantitative estimate of drug-likeness (QED) is 0.378. The molecule has 1 saturated heterocycles. The number of hydrogen-bond donors (Lipinski definition) is 2. The molecule has 8 heteroatoms. The lowest BCUT2D eigenvalue weighted by Gasteiger charge is -2.37. The van der Waals surface area contributed by atoms with Gasteiger partial charge in [-0.25, -0.2) is 4.79 Å². The van der Waals surface area contributed by atoms with E-state index in [0.717, 1.165) is 22.4 Å². The highest BCUT2D eigenvalue weighted by Gasteiger charge is 2.41. The molecule has 0 saturated carbocycles. The van der Waals surface area contributed by atoms with Gasteiger partial charge in [-0.05, 0) is 41.7 Å². The number of nitrogens with one attached hydrogen (secondary N) is 1. The van der Waals surface area contributed by atoms with Crippen molar-refractivity contribution in [1.82, 2.24) is 10.2 Å². The summed E-state index contributed by atoms with van der Waals surface area (Å²) in [5.41, 5.74) is 3.01. The van der Waals surface area contributed by atoms with Crippen LogP contribution in [0.3, 0.4) is 0 Å². The molecular weight excluding hydrogens is 500 g/mol. The van der Waals surface area contributed by atoms with Crippen molar-refractivity contribution >= 4 is 29.5 Å². The molecule has 2 N–H and O–H groups in total. The maximum absolute atomic E-state index is 13.6. The number of hydrogen-bond acceptors (Lipinski definition) is 5. The fourth-order valence-electron chi connectivity index (χ4n) is 5.04. The van der Waals surface area contributed by atoms with E-state index in [4.69, 9.17) is 4.74 Å². The summed E-state index contributed by atoms with van der Waals surface area (Å²) < 4.78 is 4.68. The molecule has 1 heterocycles. The maximum atomic E-state index is 13.6. The van der Waals surface area contributed by atoms with Crippen LogP contribution in [0, 0.1) is 0 Å². The van der Waals surface area contributed by atoms with Crippen molar-refractivity contribution in [2.24, 2.45) is 0 Å². The molecule has 0 radical (unpaired) electrons. The van der Waals surface area contributed by atoms with Gasteiger partial charge < -0.3 is 20.1 Å². The lowest BCUT2D eigenvalue weighted by atomic mass is 9.84. The number of benzene rings is 3. The Labute approximate surface area is 227 Å². The molecule has 3 aromatic carbocycles. The number of amides is 2. The standard InChI is InChI=1S/C30H32N2O5S/c1-21(33)31-26(28(34)32-19-9-14-27(32)29(35)36)20-38-30(22-10-5-3-6-11-22,23-12-7-4-8-13-23)24-15-17-25(37-2)18-16-24/h3-8,10-13,15-18,26-27H,9,14,19-20H2,1-2H3,(H,31,33)(H,35,36)/t26-,27-/m0/s1. The highest BCUT2D eigenvalue weighted by molar-refractivity contribution is 8.00. The molecule has 0 aromatic heterocycles. The molecule has 0 unspecified atom stereocenters. The largest absolute Gasteiger partial charge is 0.497 e. The minimum atomic E-state index is -1.02. The summed E-state index contributed by atoms with van der Waals surface area (Å²) in [7, 11) is 1.62. The Morgan fingerprint density at radius 1 is 0.974 bits per heavy atom. The lowest BCUT2D eigenvalue weighted by molar-refractivity contribution is -0.149. The van der Waals surface area contributed by atoms with E-state index in [1.54, 1.807) is 7.11 Å². The van der Waals surface area contributed by atoms with E-state index >= 15 is 0 Å². The van der Waals surface area contributed by atoms with Gasteiger partial charge in [-0.3, -0.25) is 9.59 Å². The van der Waals surface area contributed by atoms with E-state index in [1.807, 2.05) is 60.7 Å². The second kappa shape index (κ2) is 12.2. The maximum Gasteiger partial charge on any atom is 0.326 e. The predicted molar refractivity (Wildman–Crippen MR) is 148 cm³/mol. The number of ether oxygens (including phenoxy) is 1. The summed E-state index contributed by atoms with van der Waals surface area (Å²) in [4.78, 5) is 39.0. The molecular formula is C30H32N2O5S. The van der Waals surface area contributed by atoms with Gasteiger partial charge >= 0.3 is 5.97 Å². The van der Waals surface area contributed by atoms with Gasteiger partial charge in [-0.2, -0.15) is 0 Å². The molecule has 1 aliphatic heterocycles. The summed E-state index contributed by atoms with van der Waals surface area (Å²) >= 11 is 1.54. The molecule has 4 rings (SSSR count). The summed E-state index contributed by atoms with van der Waals surface area (Å²) in [6, 6.07) is 26.2. The summed E-state index contributed by atoms with van der Waals surface area (Å²) in [5, 5.41) is 12.4. The van der Waals surface area contributed by atoms with Crippen LogP contribution in [0.25, 0.3) is 0 Å². The third kappa shape index (κ3) is 5.70. The van der Waals surface area contributed by atoms with Gasteiger partial charge in [0.2, 0.25) is 11.8 Å². The summed E-state index contributed by atoms with van der Waals surface area (Å²) in [5.74, 6) is -0.774. The van der Waals surface area contributed by atoms with Gasteiger partial charge in [0.05, 0.1) is 11.9 Å². The smallest absolute Gasteiger partial charge is 0.326 e. The minimum Gasteiger partial charge on any atom is -0.497 e. The zero-order valence-corrected chi connectivity index (χ0v) is 22.3. The van der Waals surface area contributed by atoms with E-state index < -0.39 is 22.8 Å². The molecule has 3 aromatic rings. The fraction of sp³-hybridized carbons (Fsp3) is 0.300. The van der Waals surface area contributed by atoms with E-state index in [9.17, 15) is 19.5 Å². The average Bonchev–Trinajstić information content (AvgIpc) is 3.44. The number of carboxylic acids is 1. The first-order valence-corrected chi connectivity index (χ1v) is 13.6. The van der Waals surface area contributed by atoms with Gasteiger partial charge in [0.1, 0.15) is 17.8 Å². The van der Waals surface area contributed by atoms with Gasteiger partial charge in [-0.1, -0.05) is 72.8 Å². The molecule has 7 nitrogen and oxygen atoms in total. The van der Waals surface area contributed by atoms with Gasteiger partial charge in [0, 0.05) is 19.2 Å². The van der Waals surface area contributed by atoms with Crippen molar-refractivity contribution in [2.45, 2.75) is 36.6 Å². The second-order valence-electron chi connectivity index (χ2n) is 9.23. The third-order valence-electron chi connectivity index (χ3n) is 6.82. The van der Waals surface area contributed by atoms with E-state index in [1.165, 1.54) is 23.6 Å². The van der Waals surface area contributed by atoms with Crippen LogP contribution in [-0.4, -0.2) is 59.3 Å². The molecule has 198 valence electrons. The number of carbonyl (C=O) groups excluding carboxylic acids is 2. The van der Waals surface area contributed by atoms with Crippen molar-refractivity contribution < 1.29 is 24.2 Å². The van der Waals surface area contributed by atoms with Crippen molar-refractivity contribution in [3.8, 4) is 5.75 Å². The van der Waals surface area contributed by atoms with Gasteiger partial charge in [0.25, 0.3) is 0 Å². The summed E-state index contributed by atoms with van der Waals surface area (Å²) in [6.07, 6.45) is 1.03. The van der Waals surface area contributed by atoms with Crippen molar-refractivity contribution in [3.63, 3.8) is 0 Å². The Hall–Kier alpha value is -3.78. The van der Waals surface area contributed by atoms with Gasteiger partial charge in [0.15, 0.2) is 0 Å². The number of nitrogens with zero attached hydrogens (tertiary/aromatic N) is 1. The highest BCUT2D eigenvalue weighted by Crippen LogP contribution is 2.49. The normalized spacial score (nSPS) is 16.1. The Morgan fingerprint density at radius 3 is 2.03 bits per heavy atom. The second-order valence-corrected chi connectivity index (χ2v) is 10.5. The molecule has 2 amide bonds. The molecule has 0 bridgehead atoms. The van der Waals surface area contributed by atoms with Crippen LogP contribution in [-0.2, 0) is 19.1 Å². The molecule has 0 aliphatic carbocycles. The van der Waals surface area contributed by atoms with Crippen LogP contribution < -0.4 is 10.1 Å². The SMILES string of the molecule is COc1ccc(C(SC[C@H](NC(C)=O)C(=O)N2CCC[C@H]2C(=O)O)(c2ccccc2)c2ccccc2)cc1. The van der Waals surface area contributed by atoms with Gasteiger partial charge in [-0.15, -0.1) is 11.8 Å². The number of thioether (sulfide) groups is 1. The van der Waals surface area contributed by atoms with E-state index in [-0.39, 0.29) is 17.6 Å². The van der Waals surface area contributed by atoms with Crippen LogP contribution >= 0.6 is 11.8 Å². The van der Waals surface area contributed by atoms with Crippen LogP contribution in [0.2, 0.25) is 0 Å². The topological polar surface area (TPSA) is 95.9 Å². The van der Waals surface area contributed by atoms with Crippen LogP contribution in [0.4, 0.5) is 0 Å². The molecule has 1 aliphatic rings. The lowest BCUT2D eigenvalue weighted by Crippen LogP contribution is -2.52. The Balaban J connectivity index is 1.79. The third-order valence-corrected chi connectivity index (χ3v) is 8.46. The zero-order chi connectivity index (χ0) is 27.1. The first kappa shape index (κ1) is 27.3. The number of aliphatic carboxylic acids is 1. The highest BCUT2D eigenvalue weighted by atomic mass is 32.2. The zero-order valence-electron chi connectivity index (χ0n) is 21.5. The Bertz CT molecular complexity index is 1210. The first-order valence-electron chi connectivity index (χ1n) is 12.6. The Morgan fingerprint density at radius 2 is 1.53 bits per heavy atom. The predicted octanol–water partition coefficient (Wildman–Crippen LogP) is 4.30. The first-order chi connectivity index (χ1) is 18.4. The van der Waals surface area contributed by atoms with E-state index in [2.05, 4.69) is 29.6 Å².